The Balaban J connectivity index is 1.77. The van der Waals surface area contributed by atoms with Gasteiger partial charge in [-0.2, -0.15) is 0 Å². The molecule has 0 saturated carbocycles. The summed E-state index contributed by atoms with van der Waals surface area (Å²) in [6, 6.07) is 18.8. The Morgan fingerprint density at radius 2 is 1.77 bits per heavy atom. The molecule has 5 nitrogen and oxygen atoms in total. The van der Waals surface area contributed by atoms with Gasteiger partial charge in [0.1, 0.15) is 5.82 Å². The van der Waals surface area contributed by atoms with Crippen molar-refractivity contribution in [1.29, 1.82) is 0 Å². The number of anilines is 1. The lowest BCUT2D eigenvalue weighted by Gasteiger charge is -2.07. The molecule has 4 rings (SSSR count). The number of hydrogen-bond donors (Lipinski definition) is 1. The Morgan fingerprint density at radius 3 is 2.50 bits per heavy atom. The fourth-order valence-corrected chi connectivity index (χ4v) is 3.24. The van der Waals surface area contributed by atoms with Crippen LogP contribution in [0.4, 0.5) is 10.1 Å². The van der Waals surface area contributed by atoms with E-state index in [1.54, 1.807) is 30.3 Å². The molecule has 0 aliphatic heterocycles. The predicted octanol–water partition coefficient (Wildman–Crippen LogP) is 5.60. The number of amides is 1. The van der Waals surface area contributed by atoms with E-state index in [9.17, 15) is 9.18 Å². The SMILES string of the molecule is Cc1cccc(-c2nc(C(=O)Nc3cccc(Cl)c3C)nn2-c2ccc(F)cc2)c1. The van der Waals surface area contributed by atoms with Gasteiger partial charge in [-0.15, -0.1) is 5.10 Å². The molecule has 4 aromatic rings. The van der Waals surface area contributed by atoms with Gasteiger partial charge >= 0.3 is 0 Å². The van der Waals surface area contributed by atoms with E-state index in [4.69, 9.17) is 11.6 Å². The maximum atomic E-state index is 13.4. The van der Waals surface area contributed by atoms with Crippen LogP contribution in [-0.4, -0.2) is 20.7 Å². The Hall–Kier alpha value is -3.51. The molecule has 1 aromatic heterocycles. The quantitative estimate of drug-likeness (QED) is 0.467. The van der Waals surface area contributed by atoms with Crippen molar-refractivity contribution in [3.05, 3.63) is 94.5 Å². The van der Waals surface area contributed by atoms with Gasteiger partial charge in [0, 0.05) is 16.3 Å². The molecule has 0 aliphatic rings. The van der Waals surface area contributed by atoms with Gasteiger partial charge in [-0.25, -0.2) is 14.1 Å². The molecule has 7 heteroatoms. The third-order valence-corrected chi connectivity index (χ3v) is 5.08. The van der Waals surface area contributed by atoms with Crippen molar-refractivity contribution in [1.82, 2.24) is 14.8 Å². The molecule has 0 bridgehead atoms. The summed E-state index contributed by atoms with van der Waals surface area (Å²) in [6.45, 7) is 3.79. The molecule has 1 N–H and O–H groups in total. The number of nitrogens with one attached hydrogen (secondary N) is 1. The minimum atomic E-state index is -0.463. The van der Waals surface area contributed by atoms with E-state index < -0.39 is 5.91 Å². The van der Waals surface area contributed by atoms with Crippen LogP contribution in [0.5, 0.6) is 0 Å². The van der Waals surface area contributed by atoms with Gasteiger partial charge in [0.05, 0.1) is 5.69 Å². The van der Waals surface area contributed by atoms with E-state index >= 15 is 0 Å². The molecule has 0 saturated heterocycles. The molecule has 3 aromatic carbocycles. The zero-order chi connectivity index (χ0) is 21.3. The van der Waals surface area contributed by atoms with E-state index in [2.05, 4.69) is 15.4 Å². The van der Waals surface area contributed by atoms with Crippen LogP contribution in [-0.2, 0) is 0 Å². The molecule has 0 radical (unpaired) electrons. The van der Waals surface area contributed by atoms with Gasteiger partial charge in [0.15, 0.2) is 5.82 Å². The van der Waals surface area contributed by atoms with Gasteiger partial charge < -0.3 is 5.32 Å². The number of nitrogens with zero attached hydrogens (tertiary/aromatic N) is 3. The largest absolute Gasteiger partial charge is 0.319 e. The third-order valence-electron chi connectivity index (χ3n) is 4.67. The molecule has 1 heterocycles. The van der Waals surface area contributed by atoms with E-state index in [-0.39, 0.29) is 11.6 Å². The van der Waals surface area contributed by atoms with Gasteiger partial charge in [0.2, 0.25) is 5.82 Å². The Kier molecular flexibility index (Phi) is 5.33. The molecule has 0 unspecified atom stereocenters. The Bertz CT molecular complexity index is 1230. The highest BCUT2D eigenvalue weighted by Crippen LogP contribution is 2.25. The van der Waals surface area contributed by atoms with Gasteiger partial charge in [0.25, 0.3) is 5.91 Å². The average Bonchev–Trinajstić information content (AvgIpc) is 3.18. The van der Waals surface area contributed by atoms with E-state index in [1.807, 2.05) is 38.1 Å². The number of halogens is 2. The minimum absolute atomic E-state index is 0.00444. The zero-order valence-electron chi connectivity index (χ0n) is 16.4. The summed E-state index contributed by atoms with van der Waals surface area (Å²) >= 11 is 6.14. The van der Waals surface area contributed by atoms with Crippen molar-refractivity contribution in [2.24, 2.45) is 0 Å². The summed E-state index contributed by atoms with van der Waals surface area (Å²) < 4.78 is 14.9. The van der Waals surface area contributed by atoms with Crippen LogP contribution in [0.1, 0.15) is 21.7 Å². The van der Waals surface area contributed by atoms with E-state index in [0.29, 0.717) is 22.2 Å². The molecule has 0 fully saturated rings. The molecule has 30 heavy (non-hydrogen) atoms. The first-order chi connectivity index (χ1) is 14.4. The second kappa shape index (κ2) is 8.08. The van der Waals surface area contributed by atoms with Crippen molar-refractivity contribution >= 4 is 23.2 Å². The van der Waals surface area contributed by atoms with Crippen molar-refractivity contribution in [3.8, 4) is 17.1 Å². The van der Waals surface area contributed by atoms with Crippen LogP contribution in [0.25, 0.3) is 17.1 Å². The standard InChI is InChI=1S/C23H18ClFN4O/c1-14-5-3-6-16(13-14)22-27-21(28-29(22)18-11-9-17(25)10-12-18)23(30)26-20-8-4-7-19(24)15(20)2/h3-13H,1-2H3,(H,26,30). The topological polar surface area (TPSA) is 59.8 Å². The number of rotatable bonds is 4. The summed E-state index contributed by atoms with van der Waals surface area (Å²) in [7, 11) is 0. The van der Waals surface area contributed by atoms with Gasteiger partial charge in [-0.3, -0.25) is 4.79 Å². The lowest BCUT2D eigenvalue weighted by atomic mass is 10.1. The summed E-state index contributed by atoms with van der Waals surface area (Å²) in [4.78, 5) is 17.4. The summed E-state index contributed by atoms with van der Waals surface area (Å²) in [5.41, 5.74) is 3.78. The first-order valence-electron chi connectivity index (χ1n) is 9.29. The number of benzene rings is 3. The lowest BCUT2D eigenvalue weighted by Crippen LogP contribution is -2.15. The van der Waals surface area contributed by atoms with Crippen LogP contribution in [0.2, 0.25) is 5.02 Å². The zero-order valence-corrected chi connectivity index (χ0v) is 17.1. The predicted molar refractivity (Wildman–Crippen MR) is 116 cm³/mol. The van der Waals surface area contributed by atoms with Gasteiger partial charge in [-0.05, 0) is 61.9 Å². The Labute approximate surface area is 178 Å². The Morgan fingerprint density at radius 1 is 1.03 bits per heavy atom. The van der Waals surface area contributed by atoms with Crippen LogP contribution in [0, 0.1) is 19.7 Å². The monoisotopic (exact) mass is 420 g/mol. The number of hydrogen-bond acceptors (Lipinski definition) is 3. The van der Waals surface area contributed by atoms with Gasteiger partial charge in [-0.1, -0.05) is 41.4 Å². The van der Waals surface area contributed by atoms with Crippen LogP contribution in [0.3, 0.4) is 0 Å². The maximum absolute atomic E-state index is 13.4. The first kappa shape index (κ1) is 19.8. The molecule has 0 atom stereocenters. The molecular weight excluding hydrogens is 403 g/mol. The van der Waals surface area contributed by atoms with Crippen LogP contribution >= 0.6 is 11.6 Å². The van der Waals surface area contributed by atoms with Crippen molar-refractivity contribution in [3.63, 3.8) is 0 Å². The van der Waals surface area contributed by atoms with Crippen molar-refractivity contribution in [2.45, 2.75) is 13.8 Å². The number of aromatic nitrogens is 3. The molecule has 0 spiro atoms. The fraction of sp³-hybridized carbons (Fsp3) is 0.0870. The number of carbonyl (C=O) groups excluding carboxylic acids is 1. The molecule has 150 valence electrons. The highest BCUT2D eigenvalue weighted by molar-refractivity contribution is 6.31. The smallest absolute Gasteiger partial charge is 0.295 e. The van der Waals surface area contributed by atoms with Crippen molar-refractivity contribution < 1.29 is 9.18 Å². The molecule has 0 aliphatic carbocycles. The maximum Gasteiger partial charge on any atom is 0.295 e. The summed E-state index contributed by atoms with van der Waals surface area (Å²) in [5, 5.41) is 7.77. The number of aryl methyl sites for hydroxylation is 1. The first-order valence-corrected chi connectivity index (χ1v) is 9.66. The average molecular weight is 421 g/mol. The molecule has 1 amide bonds. The summed E-state index contributed by atoms with van der Waals surface area (Å²) in [5.74, 6) is -0.339. The second-order valence-electron chi connectivity index (χ2n) is 6.88. The highest BCUT2D eigenvalue weighted by atomic mass is 35.5. The molecular formula is C23H18ClFN4O. The number of carbonyl (C=O) groups is 1. The second-order valence-corrected chi connectivity index (χ2v) is 7.29. The lowest BCUT2D eigenvalue weighted by molar-refractivity contribution is 0.101. The third kappa shape index (κ3) is 3.95. The van der Waals surface area contributed by atoms with Crippen LogP contribution < -0.4 is 5.32 Å². The minimum Gasteiger partial charge on any atom is -0.319 e. The summed E-state index contributed by atoms with van der Waals surface area (Å²) in [6.07, 6.45) is 0. The normalized spacial score (nSPS) is 10.8. The van der Waals surface area contributed by atoms with Crippen LogP contribution in [0.15, 0.2) is 66.7 Å². The van der Waals surface area contributed by atoms with Crippen molar-refractivity contribution in [2.75, 3.05) is 5.32 Å². The fourth-order valence-electron chi connectivity index (χ4n) is 3.06. The highest BCUT2D eigenvalue weighted by Gasteiger charge is 2.20. The van der Waals surface area contributed by atoms with E-state index in [0.717, 1.165) is 16.7 Å². The van der Waals surface area contributed by atoms with E-state index in [1.165, 1.54) is 16.8 Å².